The molecule has 4 heteroatoms. The summed E-state index contributed by atoms with van der Waals surface area (Å²) < 4.78 is 0. The van der Waals surface area contributed by atoms with Crippen molar-refractivity contribution in [3.05, 3.63) is 29.6 Å². The molecule has 0 radical (unpaired) electrons. The van der Waals surface area contributed by atoms with Crippen molar-refractivity contribution >= 4 is 5.91 Å². The van der Waals surface area contributed by atoms with Gasteiger partial charge in [-0.3, -0.25) is 4.79 Å². The fourth-order valence-electron chi connectivity index (χ4n) is 2.50. The quantitative estimate of drug-likeness (QED) is 0.748. The molecule has 4 nitrogen and oxygen atoms in total. The number of rotatable bonds is 1. The maximum absolute atomic E-state index is 12.1. The van der Waals surface area contributed by atoms with Crippen LogP contribution in [0.4, 0.5) is 0 Å². The van der Waals surface area contributed by atoms with Gasteiger partial charge in [0.05, 0.1) is 0 Å². The van der Waals surface area contributed by atoms with E-state index in [4.69, 9.17) is 5.73 Å². The smallest absolute Gasteiger partial charge is 0.272 e. The molecule has 2 heterocycles. The maximum Gasteiger partial charge on any atom is 0.272 e. The second-order valence-corrected chi connectivity index (χ2v) is 4.98. The number of nitrogens with two attached hydrogens (primary N) is 1. The van der Waals surface area contributed by atoms with Crippen molar-refractivity contribution in [2.75, 3.05) is 13.1 Å². The van der Waals surface area contributed by atoms with Crippen LogP contribution in [0.3, 0.4) is 0 Å². The molecule has 2 N–H and O–H groups in total. The minimum atomic E-state index is -0.0838. The largest absolute Gasteiger partial charge is 0.335 e. The van der Waals surface area contributed by atoms with Gasteiger partial charge in [-0.25, -0.2) is 4.98 Å². The van der Waals surface area contributed by atoms with Crippen molar-refractivity contribution in [1.29, 1.82) is 0 Å². The SMILES string of the molecule is Cc1cccc(C(=O)N2C[C@H]3C[C@@]3(N)C2)n1. The third kappa shape index (κ3) is 1.41. The van der Waals surface area contributed by atoms with Gasteiger partial charge < -0.3 is 10.6 Å². The Bertz CT molecular complexity index is 459. The number of fused-ring (bicyclic) bond motifs is 1. The van der Waals surface area contributed by atoms with Crippen LogP contribution < -0.4 is 5.73 Å². The number of amides is 1. The van der Waals surface area contributed by atoms with Crippen LogP contribution in [-0.4, -0.2) is 34.4 Å². The van der Waals surface area contributed by atoms with E-state index in [1.165, 1.54) is 0 Å². The summed E-state index contributed by atoms with van der Waals surface area (Å²) in [5.41, 5.74) is 7.40. The summed E-state index contributed by atoms with van der Waals surface area (Å²) in [6.07, 6.45) is 1.07. The van der Waals surface area contributed by atoms with Crippen molar-refractivity contribution in [2.45, 2.75) is 18.9 Å². The summed E-state index contributed by atoms with van der Waals surface area (Å²) in [6, 6.07) is 5.52. The topological polar surface area (TPSA) is 59.2 Å². The lowest BCUT2D eigenvalue weighted by atomic mass is 10.2. The fourth-order valence-corrected chi connectivity index (χ4v) is 2.50. The Morgan fingerprint density at radius 2 is 2.44 bits per heavy atom. The Hall–Kier alpha value is -1.42. The van der Waals surface area contributed by atoms with Gasteiger partial charge in [-0.2, -0.15) is 0 Å². The molecule has 1 aliphatic carbocycles. The lowest BCUT2D eigenvalue weighted by Crippen LogP contribution is -2.37. The van der Waals surface area contributed by atoms with Gasteiger partial charge in [0.1, 0.15) is 5.69 Å². The van der Waals surface area contributed by atoms with E-state index >= 15 is 0 Å². The van der Waals surface area contributed by atoms with Gasteiger partial charge in [-0.05, 0) is 31.4 Å². The van der Waals surface area contributed by atoms with E-state index in [0.29, 0.717) is 18.2 Å². The number of carbonyl (C=O) groups excluding carboxylic acids is 1. The van der Waals surface area contributed by atoms with Gasteiger partial charge in [0.25, 0.3) is 5.91 Å². The average Bonchev–Trinajstić information content (AvgIpc) is 2.76. The third-order valence-electron chi connectivity index (χ3n) is 3.60. The van der Waals surface area contributed by atoms with E-state index in [9.17, 15) is 4.79 Å². The summed E-state index contributed by atoms with van der Waals surface area (Å²) in [5.74, 6) is 0.530. The first-order chi connectivity index (χ1) is 7.58. The first-order valence-electron chi connectivity index (χ1n) is 5.60. The van der Waals surface area contributed by atoms with Crippen LogP contribution in [-0.2, 0) is 0 Å². The van der Waals surface area contributed by atoms with Crippen molar-refractivity contribution in [1.82, 2.24) is 9.88 Å². The molecule has 2 aliphatic rings. The summed E-state index contributed by atoms with van der Waals surface area (Å²) in [4.78, 5) is 18.2. The first-order valence-corrected chi connectivity index (χ1v) is 5.60. The minimum absolute atomic E-state index is 0.0146. The van der Waals surface area contributed by atoms with Crippen LogP contribution in [0.1, 0.15) is 22.6 Å². The Labute approximate surface area is 94.5 Å². The molecule has 0 spiro atoms. The van der Waals surface area contributed by atoms with Gasteiger partial charge in [0.2, 0.25) is 0 Å². The van der Waals surface area contributed by atoms with Crippen molar-refractivity contribution < 1.29 is 4.79 Å². The van der Waals surface area contributed by atoms with Gasteiger partial charge in [0, 0.05) is 24.3 Å². The molecular weight excluding hydrogens is 202 g/mol. The molecular formula is C12H15N3O. The zero-order valence-electron chi connectivity index (χ0n) is 9.31. The number of hydrogen-bond donors (Lipinski definition) is 1. The number of piperidine rings is 1. The van der Waals surface area contributed by atoms with E-state index in [2.05, 4.69) is 4.98 Å². The fraction of sp³-hybridized carbons (Fsp3) is 0.500. The number of aromatic nitrogens is 1. The summed E-state index contributed by atoms with van der Waals surface area (Å²) in [7, 11) is 0. The van der Waals surface area contributed by atoms with Crippen LogP contribution in [0.2, 0.25) is 0 Å². The highest BCUT2D eigenvalue weighted by atomic mass is 16.2. The van der Waals surface area contributed by atoms with E-state index < -0.39 is 0 Å². The molecule has 16 heavy (non-hydrogen) atoms. The summed E-state index contributed by atoms with van der Waals surface area (Å²) in [6.45, 7) is 3.37. The minimum Gasteiger partial charge on any atom is -0.335 e. The van der Waals surface area contributed by atoms with E-state index in [-0.39, 0.29) is 11.4 Å². The van der Waals surface area contributed by atoms with Gasteiger partial charge in [-0.1, -0.05) is 6.07 Å². The summed E-state index contributed by atoms with van der Waals surface area (Å²) in [5, 5.41) is 0. The zero-order chi connectivity index (χ0) is 11.3. The molecule has 3 rings (SSSR count). The highest BCUT2D eigenvalue weighted by Gasteiger charge is 2.58. The Morgan fingerprint density at radius 3 is 3.06 bits per heavy atom. The van der Waals surface area contributed by atoms with Gasteiger partial charge in [-0.15, -0.1) is 0 Å². The highest BCUT2D eigenvalue weighted by molar-refractivity contribution is 5.92. The Balaban J connectivity index is 1.79. The lowest BCUT2D eigenvalue weighted by Gasteiger charge is -2.18. The van der Waals surface area contributed by atoms with E-state index in [1.807, 2.05) is 24.0 Å². The van der Waals surface area contributed by atoms with E-state index in [1.54, 1.807) is 6.07 Å². The summed E-state index contributed by atoms with van der Waals surface area (Å²) >= 11 is 0. The monoisotopic (exact) mass is 217 g/mol. The predicted molar refractivity (Wildman–Crippen MR) is 59.9 cm³/mol. The van der Waals surface area contributed by atoms with Crippen molar-refractivity contribution in [2.24, 2.45) is 11.7 Å². The average molecular weight is 217 g/mol. The molecule has 1 saturated heterocycles. The van der Waals surface area contributed by atoms with Crippen LogP contribution in [0, 0.1) is 12.8 Å². The van der Waals surface area contributed by atoms with Crippen LogP contribution >= 0.6 is 0 Å². The molecule has 1 aliphatic heterocycles. The molecule has 2 atom stereocenters. The molecule has 1 aromatic rings. The predicted octanol–water partition coefficient (Wildman–Crippen LogP) is 0.563. The third-order valence-corrected chi connectivity index (χ3v) is 3.60. The lowest BCUT2D eigenvalue weighted by molar-refractivity contribution is 0.0766. The number of hydrogen-bond acceptors (Lipinski definition) is 3. The molecule has 84 valence electrons. The molecule has 1 saturated carbocycles. The van der Waals surface area contributed by atoms with Gasteiger partial charge in [0.15, 0.2) is 0 Å². The maximum atomic E-state index is 12.1. The second-order valence-electron chi connectivity index (χ2n) is 4.98. The van der Waals surface area contributed by atoms with Crippen LogP contribution in [0.15, 0.2) is 18.2 Å². The standard InChI is InChI=1S/C12H15N3O/c1-8-3-2-4-10(14-8)11(16)15-6-9-5-12(9,13)7-15/h2-4,9H,5-7,13H2,1H3/t9-,12-/m1/s1. The van der Waals surface area contributed by atoms with Crippen LogP contribution in [0.25, 0.3) is 0 Å². The second kappa shape index (κ2) is 3.04. The Morgan fingerprint density at radius 1 is 1.62 bits per heavy atom. The highest BCUT2D eigenvalue weighted by Crippen LogP contribution is 2.47. The Kier molecular flexibility index (Phi) is 1.86. The number of likely N-dealkylation sites (tertiary alicyclic amines) is 1. The number of pyridine rings is 1. The zero-order valence-corrected chi connectivity index (χ0v) is 9.31. The molecule has 0 aromatic carbocycles. The number of nitrogens with zero attached hydrogens (tertiary/aromatic N) is 2. The molecule has 1 aromatic heterocycles. The number of carbonyl (C=O) groups is 1. The molecule has 2 fully saturated rings. The van der Waals surface area contributed by atoms with Gasteiger partial charge >= 0.3 is 0 Å². The molecule has 1 amide bonds. The molecule has 0 unspecified atom stereocenters. The van der Waals surface area contributed by atoms with Crippen LogP contribution in [0.5, 0.6) is 0 Å². The molecule has 0 bridgehead atoms. The normalized spacial score (nSPS) is 31.4. The van der Waals surface area contributed by atoms with Crippen molar-refractivity contribution in [3.8, 4) is 0 Å². The van der Waals surface area contributed by atoms with Crippen molar-refractivity contribution in [3.63, 3.8) is 0 Å². The first kappa shape index (κ1) is 9.78. The number of aryl methyl sites for hydroxylation is 1. The van der Waals surface area contributed by atoms with E-state index in [0.717, 1.165) is 18.7 Å².